The molecule has 0 radical (unpaired) electrons. The summed E-state index contributed by atoms with van der Waals surface area (Å²) in [6.07, 6.45) is 4.33. The van der Waals surface area contributed by atoms with E-state index in [0.717, 1.165) is 44.5 Å². The molecule has 1 aliphatic rings. The second-order valence-electron chi connectivity index (χ2n) is 4.98. The first-order valence-corrected chi connectivity index (χ1v) is 6.90. The predicted molar refractivity (Wildman–Crippen MR) is 74.7 cm³/mol. The summed E-state index contributed by atoms with van der Waals surface area (Å²) in [5.74, 6) is 0.263. The molecule has 1 heterocycles. The number of piperidine rings is 1. The van der Waals surface area contributed by atoms with Gasteiger partial charge in [-0.25, -0.2) is 0 Å². The number of rotatable bonds is 4. The summed E-state index contributed by atoms with van der Waals surface area (Å²) in [4.78, 5) is 12.0. The molecule has 1 aromatic carbocycles. The second-order valence-corrected chi connectivity index (χ2v) is 4.98. The highest BCUT2D eigenvalue weighted by atomic mass is 16.1. The minimum absolute atomic E-state index is 0.120. The van der Waals surface area contributed by atoms with Crippen molar-refractivity contribution in [3.8, 4) is 0 Å². The van der Waals surface area contributed by atoms with E-state index in [-0.39, 0.29) is 11.8 Å². The van der Waals surface area contributed by atoms with Crippen LogP contribution < -0.4 is 10.6 Å². The smallest absolute Gasteiger partial charge is 0.228 e. The third-order valence-corrected chi connectivity index (χ3v) is 3.43. The van der Waals surface area contributed by atoms with Gasteiger partial charge >= 0.3 is 0 Å². The van der Waals surface area contributed by atoms with Gasteiger partial charge in [0.25, 0.3) is 0 Å². The first kappa shape index (κ1) is 13.1. The maximum Gasteiger partial charge on any atom is 0.228 e. The summed E-state index contributed by atoms with van der Waals surface area (Å²) in [6, 6.07) is 8.19. The molecule has 1 aromatic rings. The van der Waals surface area contributed by atoms with Crippen LogP contribution in [0.1, 0.15) is 31.7 Å². The quantitative estimate of drug-likeness (QED) is 0.857. The molecule has 0 bridgehead atoms. The average molecular weight is 246 g/mol. The van der Waals surface area contributed by atoms with Crippen molar-refractivity contribution < 1.29 is 4.79 Å². The van der Waals surface area contributed by atoms with Gasteiger partial charge in [-0.3, -0.25) is 4.79 Å². The Kier molecular flexibility index (Phi) is 4.76. The molecule has 3 nitrogen and oxygen atoms in total. The Labute approximate surface area is 109 Å². The van der Waals surface area contributed by atoms with E-state index in [1.807, 2.05) is 12.1 Å². The number of nitrogens with one attached hydrogen (secondary N) is 2. The first-order valence-electron chi connectivity index (χ1n) is 6.90. The molecule has 0 saturated carbocycles. The maximum atomic E-state index is 12.0. The molecule has 3 heteroatoms. The van der Waals surface area contributed by atoms with Crippen molar-refractivity contribution >= 4 is 11.6 Å². The molecule has 98 valence electrons. The van der Waals surface area contributed by atoms with E-state index in [0.29, 0.717) is 0 Å². The highest BCUT2D eigenvalue weighted by Gasteiger charge is 2.20. The summed E-state index contributed by atoms with van der Waals surface area (Å²) < 4.78 is 0. The van der Waals surface area contributed by atoms with E-state index in [1.165, 1.54) is 5.56 Å². The van der Waals surface area contributed by atoms with E-state index < -0.39 is 0 Å². The van der Waals surface area contributed by atoms with Crippen molar-refractivity contribution in [1.82, 2.24) is 5.32 Å². The monoisotopic (exact) mass is 246 g/mol. The molecule has 0 aliphatic carbocycles. The van der Waals surface area contributed by atoms with Crippen LogP contribution in [-0.4, -0.2) is 19.0 Å². The van der Waals surface area contributed by atoms with Crippen molar-refractivity contribution in [2.45, 2.75) is 32.6 Å². The molecule has 2 N–H and O–H groups in total. The van der Waals surface area contributed by atoms with Crippen LogP contribution >= 0.6 is 0 Å². The fraction of sp³-hybridized carbons (Fsp3) is 0.533. The molecule has 0 aromatic heterocycles. The van der Waals surface area contributed by atoms with Crippen LogP contribution in [0.2, 0.25) is 0 Å². The van der Waals surface area contributed by atoms with Crippen LogP contribution in [0, 0.1) is 5.92 Å². The van der Waals surface area contributed by atoms with Crippen LogP contribution in [0.25, 0.3) is 0 Å². The van der Waals surface area contributed by atoms with Gasteiger partial charge in [-0.15, -0.1) is 0 Å². The van der Waals surface area contributed by atoms with Crippen molar-refractivity contribution in [3.63, 3.8) is 0 Å². The SMILES string of the molecule is CCCc1ccc(NC(=O)C2CCCNC2)cc1. The van der Waals surface area contributed by atoms with Crippen LogP contribution in [0.3, 0.4) is 0 Å². The topological polar surface area (TPSA) is 41.1 Å². The Morgan fingerprint density at radius 3 is 2.78 bits per heavy atom. The Morgan fingerprint density at radius 2 is 2.17 bits per heavy atom. The summed E-state index contributed by atoms with van der Waals surface area (Å²) in [5, 5.41) is 6.27. The highest BCUT2D eigenvalue weighted by molar-refractivity contribution is 5.92. The fourth-order valence-corrected chi connectivity index (χ4v) is 2.36. The number of benzene rings is 1. The van der Waals surface area contributed by atoms with Gasteiger partial charge in [0.05, 0.1) is 5.92 Å². The number of hydrogen-bond donors (Lipinski definition) is 2. The van der Waals surface area contributed by atoms with E-state index in [9.17, 15) is 4.79 Å². The van der Waals surface area contributed by atoms with E-state index in [4.69, 9.17) is 0 Å². The highest BCUT2D eigenvalue weighted by Crippen LogP contribution is 2.15. The summed E-state index contributed by atoms with van der Waals surface area (Å²) in [5.41, 5.74) is 2.24. The Bertz CT molecular complexity index is 380. The van der Waals surface area contributed by atoms with E-state index in [1.54, 1.807) is 0 Å². The normalized spacial score (nSPS) is 19.5. The van der Waals surface area contributed by atoms with Gasteiger partial charge in [0.2, 0.25) is 5.91 Å². The van der Waals surface area contributed by atoms with Crippen LogP contribution in [0.15, 0.2) is 24.3 Å². The summed E-state index contributed by atoms with van der Waals surface area (Å²) >= 11 is 0. The first-order chi connectivity index (χ1) is 8.79. The zero-order chi connectivity index (χ0) is 12.8. The number of carbonyl (C=O) groups excluding carboxylic acids is 1. The fourth-order valence-electron chi connectivity index (χ4n) is 2.36. The molecule has 1 amide bonds. The van der Waals surface area contributed by atoms with Gasteiger partial charge in [-0.2, -0.15) is 0 Å². The van der Waals surface area contributed by atoms with Crippen LogP contribution in [-0.2, 0) is 11.2 Å². The summed E-state index contributed by atoms with van der Waals surface area (Å²) in [6.45, 7) is 4.01. The minimum Gasteiger partial charge on any atom is -0.326 e. The largest absolute Gasteiger partial charge is 0.326 e. The number of carbonyl (C=O) groups is 1. The molecule has 1 atom stereocenters. The Morgan fingerprint density at radius 1 is 1.39 bits per heavy atom. The standard InChI is InChI=1S/C15H22N2O/c1-2-4-12-6-8-14(9-7-12)17-15(18)13-5-3-10-16-11-13/h6-9,13,16H,2-5,10-11H2,1H3,(H,17,18). The molecule has 1 saturated heterocycles. The van der Waals surface area contributed by atoms with Crippen molar-refractivity contribution in [1.29, 1.82) is 0 Å². The third kappa shape index (κ3) is 3.57. The van der Waals surface area contributed by atoms with Gasteiger partial charge in [-0.1, -0.05) is 25.5 Å². The lowest BCUT2D eigenvalue weighted by Crippen LogP contribution is -2.37. The zero-order valence-corrected chi connectivity index (χ0v) is 11.0. The lowest BCUT2D eigenvalue weighted by atomic mass is 9.99. The second kappa shape index (κ2) is 6.55. The lowest BCUT2D eigenvalue weighted by molar-refractivity contribution is -0.120. The third-order valence-electron chi connectivity index (χ3n) is 3.43. The number of aryl methyl sites for hydroxylation is 1. The minimum atomic E-state index is 0.120. The zero-order valence-electron chi connectivity index (χ0n) is 11.0. The molecule has 0 spiro atoms. The van der Waals surface area contributed by atoms with Gasteiger partial charge < -0.3 is 10.6 Å². The number of amides is 1. The van der Waals surface area contributed by atoms with Gasteiger partial charge in [0, 0.05) is 12.2 Å². The van der Waals surface area contributed by atoms with E-state index in [2.05, 4.69) is 29.7 Å². The molecule has 1 unspecified atom stereocenters. The maximum absolute atomic E-state index is 12.0. The van der Waals surface area contributed by atoms with Gasteiger partial charge in [0.1, 0.15) is 0 Å². The predicted octanol–water partition coefficient (Wildman–Crippen LogP) is 2.58. The Balaban J connectivity index is 1.89. The van der Waals surface area contributed by atoms with Gasteiger partial charge in [-0.05, 0) is 43.5 Å². The Hall–Kier alpha value is -1.35. The lowest BCUT2D eigenvalue weighted by Gasteiger charge is -2.21. The summed E-state index contributed by atoms with van der Waals surface area (Å²) in [7, 11) is 0. The molecular formula is C15H22N2O. The number of hydrogen-bond acceptors (Lipinski definition) is 2. The molecular weight excluding hydrogens is 224 g/mol. The van der Waals surface area contributed by atoms with Crippen molar-refractivity contribution in [2.75, 3.05) is 18.4 Å². The van der Waals surface area contributed by atoms with E-state index >= 15 is 0 Å². The molecule has 18 heavy (non-hydrogen) atoms. The van der Waals surface area contributed by atoms with Crippen LogP contribution in [0.4, 0.5) is 5.69 Å². The van der Waals surface area contributed by atoms with Gasteiger partial charge in [0.15, 0.2) is 0 Å². The number of anilines is 1. The average Bonchev–Trinajstić information content (AvgIpc) is 2.42. The molecule has 1 aliphatic heterocycles. The molecule has 1 fully saturated rings. The van der Waals surface area contributed by atoms with Crippen LogP contribution in [0.5, 0.6) is 0 Å². The molecule has 2 rings (SSSR count). The van der Waals surface area contributed by atoms with Crippen molar-refractivity contribution in [2.24, 2.45) is 5.92 Å². The van der Waals surface area contributed by atoms with Crippen molar-refractivity contribution in [3.05, 3.63) is 29.8 Å².